The predicted octanol–water partition coefficient (Wildman–Crippen LogP) is 1.49. The van der Waals surface area contributed by atoms with Crippen molar-refractivity contribution in [1.82, 2.24) is 9.21 Å². The van der Waals surface area contributed by atoms with E-state index in [0.717, 1.165) is 0 Å². The molecule has 0 radical (unpaired) electrons. The summed E-state index contributed by atoms with van der Waals surface area (Å²) >= 11 is 0. The van der Waals surface area contributed by atoms with Crippen molar-refractivity contribution in [3.8, 4) is 0 Å². The van der Waals surface area contributed by atoms with Gasteiger partial charge >= 0.3 is 5.97 Å². The first kappa shape index (κ1) is 16.9. The predicted molar refractivity (Wildman–Crippen MR) is 83.5 cm³/mol. The molecule has 0 atom stereocenters. The van der Waals surface area contributed by atoms with Gasteiger partial charge in [0, 0.05) is 31.7 Å². The number of carboxylic acid groups (broad SMARTS) is 1. The number of carboxylic acids is 1. The summed E-state index contributed by atoms with van der Waals surface area (Å²) in [4.78, 5) is 13.2. The van der Waals surface area contributed by atoms with Crippen LogP contribution in [-0.2, 0) is 10.0 Å². The first-order chi connectivity index (χ1) is 10.1. The third-order valence-corrected chi connectivity index (χ3v) is 5.84. The van der Waals surface area contributed by atoms with Crippen molar-refractivity contribution in [3.05, 3.63) is 29.8 Å². The molecule has 1 aliphatic rings. The van der Waals surface area contributed by atoms with Gasteiger partial charge in [0.1, 0.15) is 0 Å². The fraction of sp³-hybridized carbons (Fsp3) is 0.533. The van der Waals surface area contributed by atoms with E-state index < -0.39 is 16.0 Å². The number of rotatable bonds is 3. The molecule has 1 aliphatic heterocycles. The average molecular weight is 326 g/mol. The topological polar surface area (TPSA) is 77.9 Å². The molecule has 1 saturated heterocycles. The lowest BCUT2D eigenvalue weighted by Gasteiger charge is -2.41. The van der Waals surface area contributed by atoms with Gasteiger partial charge < -0.3 is 5.11 Å². The Bertz CT molecular complexity index is 639. The second-order valence-corrected chi connectivity index (χ2v) is 8.33. The van der Waals surface area contributed by atoms with E-state index in [9.17, 15) is 13.2 Å². The summed E-state index contributed by atoms with van der Waals surface area (Å²) in [5.74, 6) is -1.07. The highest BCUT2D eigenvalue weighted by Gasteiger charge is 2.32. The number of carbonyl (C=O) groups is 1. The van der Waals surface area contributed by atoms with Crippen molar-refractivity contribution >= 4 is 16.0 Å². The van der Waals surface area contributed by atoms with E-state index >= 15 is 0 Å². The molecule has 7 heteroatoms. The maximum atomic E-state index is 12.6. The highest BCUT2D eigenvalue weighted by Crippen LogP contribution is 2.21. The molecule has 0 aromatic heterocycles. The Hall–Kier alpha value is -1.44. The van der Waals surface area contributed by atoms with Gasteiger partial charge in [-0.3, -0.25) is 4.90 Å². The Morgan fingerprint density at radius 1 is 1.05 bits per heavy atom. The van der Waals surface area contributed by atoms with Crippen LogP contribution in [0.2, 0.25) is 0 Å². The van der Waals surface area contributed by atoms with Gasteiger partial charge in [0.15, 0.2) is 0 Å². The maximum absolute atomic E-state index is 12.6. The van der Waals surface area contributed by atoms with Crippen LogP contribution < -0.4 is 0 Å². The van der Waals surface area contributed by atoms with Crippen LogP contribution in [0.4, 0.5) is 0 Å². The lowest BCUT2D eigenvalue weighted by molar-refractivity contribution is 0.0696. The minimum Gasteiger partial charge on any atom is -0.478 e. The molecule has 22 heavy (non-hydrogen) atoms. The molecule has 0 saturated carbocycles. The van der Waals surface area contributed by atoms with Gasteiger partial charge in [0.05, 0.1) is 10.5 Å². The molecule has 1 heterocycles. The van der Waals surface area contributed by atoms with Crippen molar-refractivity contribution in [2.24, 2.45) is 0 Å². The zero-order chi connectivity index (χ0) is 16.5. The van der Waals surface area contributed by atoms with Crippen molar-refractivity contribution in [1.29, 1.82) is 0 Å². The number of nitrogens with zero attached hydrogens (tertiary/aromatic N) is 2. The van der Waals surface area contributed by atoms with Crippen LogP contribution in [0.3, 0.4) is 0 Å². The SMILES string of the molecule is CC(C)(C)N1CCN(S(=O)(=O)c2ccc(C(=O)O)cc2)CC1. The van der Waals surface area contributed by atoms with Crippen molar-refractivity contribution in [2.45, 2.75) is 31.2 Å². The molecule has 0 bridgehead atoms. The van der Waals surface area contributed by atoms with Crippen LogP contribution in [0, 0.1) is 0 Å². The highest BCUT2D eigenvalue weighted by atomic mass is 32.2. The van der Waals surface area contributed by atoms with Crippen LogP contribution in [0.5, 0.6) is 0 Å². The first-order valence-corrected chi connectivity index (χ1v) is 8.65. The van der Waals surface area contributed by atoms with Crippen LogP contribution in [0.25, 0.3) is 0 Å². The fourth-order valence-electron chi connectivity index (χ4n) is 2.52. The van der Waals surface area contributed by atoms with E-state index in [1.165, 1.54) is 28.6 Å². The molecule has 122 valence electrons. The molecule has 0 unspecified atom stereocenters. The minimum absolute atomic E-state index is 0.0268. The van der Waals surface area contributed by atoms with Gasteiger partial charge in [0.25, 0.3) is 0 Å². The van der Waals surface area contributed by atoms with Crippen LogP contribution in [0.15, 0.2) is 29.2 Å². The Kier molecular flexibility index (Phi) is 4.60. The van der Waals surface area contributed by atoms with Crippen molar-refractivity contribution in [3.63, 3.8) is 0 Å². The number of piperazine rings is 1. The standard InChI is InChI=1S/C15H22N2O4S/c1-15(2,3)16-8-10-17(11-9-16)22(20,21)13-6-4-12(5-7-13)14(18)19/h4-7H,8-11H2,1-3H3,(H,18,19). The Labute approximate surface area is 131 Å². The molecule has 0 spiro atoms. The monoisotopic (exact) mass is 326 g/mol. The average Bonchev–Trinajstić information content (AvgIpc) is 2.46. The molecular weight excluding hydrogens is 304 g/mol. The highest BCUT2D eigenvalue weighted by molar-refractivity contribution is 7.89. The summed E-state index contributed by atoms with van der Waals surface area (Å²) in [5.41, 5.74) is 0.107. The van der Waals surface area contributed by atoms with Crippen LogP contribution >= 0.6 is 0 Å². The maximum Gasteiger partial charge on any atom is 0.335 e. The summed E-state index contributed by atoms with van der Waals surface area (Å²) in [6.07, 6.45) is 0. The zero-order valence-electron chi connectivity index (χ0n) is 13.1. The summed E-state index contributed by atoms with van der Waals surface area (Å²) in [6.45, 7) is 8.61. The Balaban J connectivity index is 2.13. The molecule has 1 fully saturated rings. The zero-order valence-corrected chi connectivity index (χ0v) is 13.9. The molecule has 0 amide bonds. The van der Waals surface area contributed by atoms with Crippen molar-refractivity contribution in [2.75, 3.05) is 26.2 Å². The Morgan fingerprint density at radius 3 is 1.95 bits per heavy atom. The van der Waals surface area contributed by atoms with Gasteiger partial charge in [-0.15, -0.1) is 0 Å². The molecular formula is C15H22N2O4S. The smallest absolute Gasteiger partial charge is 0.335 e. The lowest BCUT2D eigenvalue weighted by Crippen LogP contribution is -2.54. The summed E-state index contributed by atoms with van der Waals surface area (Å²) in [5, 5.41) is 8.87. The molecule has 2 rings (SSSR count). The normalized spacial score (nSPS) is 18.3. The van der Waals surface area contributed by atoms with E-state index in [0.29, 0.717) is 26.2 Å². The van der Waals surface area contributed by atoms with Gasteiger partial charge in [-0.2, -0.15) is 4.31 Å². The minimum atomic E-state index is -3.56. The molecule has 1 aromatic rings. The third kappa shape index (κ3) is 3.48. The molecule has 6 nitrogen and oxygen atoms in total. The van der Waals surface area contributed by atoms with Gasteiger partial charge in [-0.25, -0.2) is 13.2 Å². The second kappa shape index (κ2) is 5.98. The molecule has 0 aliphatic carbocycles. The van der Waals surface area contributed by atoms with E-state index in [1.807, 2.05) is 0 Å². The largest absolute Gasteiger partial charge is 0.478 e. The first-order valence-electron chi connectivity index (χ1n) is 7.21. The molecule has 1 aromatic carbocycles. The summed E-state index contributed by atoms with van der Waals surface area (Å²) in [6, 6.07) is 5.35. The van der Waals surface area contributed by atoms with Gasteiger partial charge in [-0.05, 0) is 45.0 Å². The fourth-order valence-corrected chi connectivity index (χ4v) is 3.94. The van der Waals surface area contributed by atoms with Crippen molar-refractivity contribution < 1.29 is 18.3 Å². The third-order valence-electron chi connectivity index (χ3n) is 3.93. The van der Waals surface area contributed by atoms with E-state index in [1.54, 1.807) is 0 Å². The number of aromatic carboxylic acids is 1. The second-order valence-electron chi connectivity index (χ2n) is 6.39. The van der Waals surface area contributed by atoms with Crippen LogP contribution in [0.1, 0.15) is 31.1 Å². The lowest BCUT2D eigenvalue weighted by atomic mass is 10.1. The summed E-state index contributed by atoms with van der Waals surface area (Å²) in [7, 11) is -3.56. The van der Waals surface area contributed by atoms with E-state index in [-0.39, 0.29) is 16.0 Å². The Morgan fingerprint density at radius 2 is 1.55 bits per heavy atom. The summed E-state index contributed by atoms with van der Waals surface area (Å²) < 4.78 is 26.6. The number of sulfonamides is 1. The van der Waals surface area contributed by atoms with E-state index in [4.69, 9.17) is 5.11 Å². The molecule has 1 N–H and O–H groups in total. The number of hydrogen-bond donors (Lipinski definition) is 1. The quantitative estimate of drug-likeness (QED) is 0.910. The van der Waals surface area contributed by atoms with Crippen LogP contribution in [-0.4, -0.2) is 60.4 Å². The van der Waals surface area contributed by atoms with Gasteiger partial charge in [0.2, 0.25) is 10.0 Å². The number of hydrogen-bond acceptors (Lipinski definition) is 4. The number of benzene rings is 1. The van der Waals surface area contributed by atoms with E-state index in [2.05, 4.69) is 25.7 Å². The van der Waals surface area contributed by atoms with Gasteiger partial charge in [-0.1, -0.05) is 0 Å².